The Bertz CT molecular complexity index is 602. The SMILES string of the molecule is COc1ccc(OC)c(NCc2cccc(F)c2F)c1. The molecule has 2 rings (SSSR count). The standard InChI is InChI=1S/C15H15F2NO2/c1-19-11-6-7-14(20-2)13(8-11)18-9-10-4-3-5-12(16)15(10)17/h3-8,18H,9H2,1-2H3. The lowest BCUT2D eigenvalue weighted by Crippen LogP contribution is -2.04. The topological polar surface area (TPSA) is 30.5 Å². The molecule has 0 saturated heterocycles. The van der Waals surface area contributed by atoms with Gasteiger partial charge in [0.05, 0.1) is 19.9 Å². The Morgan fingerprint density at radius 3 is 2.55 bits per heavy atom. The van der Waals surface area contributed by atoms with E-state index in [1.54, 1.807) is 25.3 Å². The predicted molar refractivity (Wildman–Crippen MR) is 73.2 cm³/mol. The number of halogens is 2. The van der Waals surface area contributed by atoms with Crippen LogP contribution in [0.4, 0.5) is 14.5 Å². The minimum Gasteiger partial charge on any atom is -0.497 e. The van der Waals surface area contributed by atoms with E-state index < -0.39 is 11.6 Å². The summed E-state index contributed by atoms with van der Waals surface area (Å²) >= 11 is 0. The molecule has 0 amide bonds. The minimum absolute atomic E-state index is 0.146. The van der Waals surface area contributed by atoms with Crippen molar-refractivity contribution in [3.8, 4) is 11.5 Å². The number of anilines is 1. The molecule has 2 aromatic rings. The number of nitrogens with one attached hydrogen (secondary N) is 1. The average Bonchev–Trinajstić information content (AvgIpc) is 2.48. The largest absolute Gasteiger partial charge is 0.497 e. The van der Waals surface area contributed by atoms with Crippen LogP contribution >= 0.6 is 0 Å². The fourth-order valence-corrected chi connectivity index (χ4v) is 1.83. The van der Waals surface area contributed by atoms with Gasteiger partial charge in [-0.2, -0.15) is 0 Å². The first-order valence-corrected chi connectivity index (χ1v) is 6.04. The molecule has 0 unspecified atom stereocenters. The van der Waals surface area contributed by atoms with Gasteiger partial charge >= 0.3 is 0 Å². The molecule has 0 fully saturated rings. The highest BCUT2D eigenvalue weighted by atomic mass is 19.2. The molecule has 0 bridgehead atoms. The summed E-state index contributed by atoms with van der Waals surface area (Å²) in [5, 5.41) is 3.01. The van der Waals surface area contributed by atoms with Crippen molar-refractivity contribution in [1.82, 2.24) is 0 Å². The molecular formula is C15H15F2NO2. The third-order valence-corrected chi connectivity index (χ3v) is 2.91. The molecule has 0 radical (unpaired) electrons. The van der Waals surface area contributed by atoms with Crippen molar-refractivity contribution in [2.45, 2.75) is 6.54 Å². The van der Waals surface area contributed by atoms with E-state index in [1.165, 1.54) is 19.2 Å². The third kappa shape index (κ3) is 2.99. The minimum atomic E-state index is -0.859. The fourth-order valence-electron chi connectivity index (χ4n) is 1.83. The summed E-state index contributed by atoms with van der Waals surface area (Å²) in [5.74, 6) is -0.459. The van der Waals surface area contributed by atoms with Crippen molar-refractivity contribution in [3.05, 3.63) is 53.6 Å². The Kier molecular flexibility index (Phi) is 4.40. The molecule has 0 aliphatic heterocycles. The van der Waals surface area contributed by atoms with Gasteiger partial charge in [0.25, 0.3) is 0 Å². The first-order valence-electron chi connectivity index (χ1n) is 6.04. The molecule has 0 spiro atoms. The molecule has 2 aromatic carbocycles. The molecule has 3 nitrogen and oxygen atoms in total. The van der Waals surface area contributed by atoms with E-state index >= 15 is 0 Å². The van der Waals surface area contributed by atoms with Gasteiger partial charge in [0, 0.05) is 18.2 Å². The van der Waals surface area contributed by atoms with Crippen LogP contribution in [-0.4, -0.2) is 14.2 Å². The van der Waals surface area contributed by atoms with Crippen LogP contribution in [-0.2, 0) is 6.54 Å². The van der Waals surface area contributed by atoms with Gasteiger partial charge < -0.3 is 14.8 Å². The lowest BCUT2D eigenvalue weighted by Gasteiger charge is -2.13. The second kappa shape index (κ2) is 6.23. The number of ether oxygens (including phenoxy) is 2. The zero-order chi connectivity index (χ0) is 14.5. The summed E-state index contributed by atoms with van der Waals surface area (Å²) in [5.41, 5.74) is 0.894. The quantitative estimate of drug-likeness (QED) is 0.907. The highest BCUT2D eigenvalue weighted by Gasteiger charge is 2.09. The molecule has 0 aliphatic rings. The predicted octanol–water partition coefficient (Wildman–Crippen LogP) is 3.59. The van der Waals surface area contributed by atoms with Crippen LogP contribution in [0.2, 0.25) is 0 Å². The molecule has 0 aromatic heterocycles. The molecule has 1 N–H and O–H groups in total. The average molecular weight is 279 g/mol. The van der Waals surface area contributed by atoms with Crippen molar-refractivity contribution in [3.63, 3.8) is 0 Å². The van der Waals surface area contributed by atoms with E-state index in [4.69, 9.17) is 9.47 Å². The van der Waals surface area contributed by atoms with Crippen LogP contribution in [0.25, 0.3) is 0 Å². The highest BCUT2D eigenvalue weighted by molar-refractivity contribution is 5.59. The number of hydrogen-bond donors (Lipinski definition) is 1. The van der Waals surface area contributed by atoms with Crippen LogP contribution in [0.15, 0.2) is 36.4 Å². The Morgan fingerprint density at radius 2 is 1.85 bits per heavy atom. The molecular weight excluding hydrogens is 264 g/mol. The lowest BCUT2D eigenvalue weighted by atomic mass is 10.2. The van der Waals surface area contributed by atoms with E-state index in [2.05, 4.69) is 5.32 Å². The molecule has 106 valence electrons. The maximum Gasteiger partial charge on any atom is 0.163 e. The zero-order valence-electron chi connectivity index (χ0n) is 11.2. The fraction of sp³-hybridized carbons (Fsp3) is 0.200. The molecule has 0 heterocycles. The summed E-state index contributed by atoms with van der Waals surface area (Å²) in [4.78, 5) is 0. The summed E-state index contributed by atoms with van der Waals surface area (Å²) in [6.45, 7) is 0.146. The number of rotatable bonds is 5. The summed E-state index contributed by atoms with van der Waals surface area (Å²) in [6.07, 6.45) is 0. The molecule has 0 aliphatic carbocycles. The Morgan fingerprint density at radius 1 is 1.05 bits per heavy atom. The monoisotopic (exact) mass is 279 g/mol. The second-order valence-corrected chi connectivity index (χ2v) is 4.13. The van der Waals surface area contributed by atoms with E-state index in [-0.39, 0.29) is 12.1 Å². The van der Waals surface area contributed by atoms with Crippen molar-refractivity contribution < 1.29 is 18.3 Å². The van der Waals surface area contributed by atoms with Gasteiger partial charge in [0.1, 0.15) is 11.5 Å². The summed E-state index contributed by atoms with van der Waals surface area (Å²) < 4.78 is 37.0. The first-order chi connectivity index (χ1) is 9.65. The molecule has 0 atom stereocenters. The van der Waals surface area contributed by atoms with Crippen molar-refractivity contribution in [2.75, 3.05) is 19.5 Å². The number of methoxy groups -OCH3 is 2. The van der Waals surface area contributed by atoms with Crippen molar-refractivity contribution in [1.29, 1.82) is 0 Å². The van der Waals surface area contributed by atoms with Gasteiger partial charge in [-0.1, -0.05) is 12.1 Å². The first kappa shape index (κ1) is 14.1. The Hall–Kier alpha value is -2.30. The van der Waals surface area contributed by atoms with Gasteiger partial charge in [-0.25, -0.2) is 8.78 Å². The van der Waals surface area contributed by atoms with E-state index in [0.29, 0.717) is 17.2 Å². The van der Waals surface area contributed by atoms with Crippen molar-refractivity contribution >= 4 is 5.69 Å². The lowest BCUT2D eigenvalue weighted by molar-refractivity contribution is 0.404. The molecule has 0 saturated carbocycles. The van der Waals surface area contributed by atoms with Crippen LogP contribution in [0.1, 0.15) is 5.56 Å². The normalized spacial score (nSPS) is 10.2. The van der Waals surface area contributed by atoms with Gasteiger partial charge in [-0.3, -0.25) is 0 Å². The highest BCUT2D eigenvalue weighted by Crippen LogP contribution is 2.29. The summed E-state index contributed by atoms with van der Waals surface area (Å²) in [7, 11) is 3.09. The van der Waals surface area contributed by atoms with Gasteiger partial charge in [0.2, 0.25) is 0 Å². The van der Waals surface area contributed by atoms with E-state index in [1.807, 2.05) is 0 Å². The van der Waals surface area contributed by atoms with E-state index in [0.717, 1.165) is 6.07 Å². The van der Waals surface area contributed by atoms with Crippen molar-refractivity contribution in [2.24, 2.45) is 0 Å². The van der Waals surface area contributed by atoms with Crippen LogP contribution in [0.5, 0.6) is 11.5 Å². The maximum atomic E-state index is 13.6. The summed E-state index contributed by atoms with van der Waals surface area (Å²) in [6, 6.07) is 9.31. The number of benzene rings is 2. The molecule has 5 heteroatoms. The van der Waals surface area contributed by atoms with Gasteiger partial charge in [0.15, 0.2) is 11.6 Å². The van der Waals surface area contributed by atoms with Crippen LogP contribution in [0, 0.1) is 11.6 Å². The van der Waals surface area contributed by atoms with Gasteiger partial charge in [-0.15, -0.1) is 0 Å². The van der Waals surface area contributed by atoms with Crippen LogP contribution < -0.4 is 14.8 Å². The number of hydrogen-bond acceptors (Lipinski definition) is 3. The van der Waals surface area contributed by atoms with Gasteiger partial charge in [-0.05, 0) is 18.2 Å². The second-order valence-electron chi connectivity index (χ2n) is 4.13. The van der Waals surface area contributed by atoms with Crippen LogP contribution in [0.3, 0.4) is 0 Å². The maximum absolute atomic E-state index is 13.6. The Balaban J connectivity index is 2.19. The third-order valence-electron chi connectivity index (χ3n) is 2.91. The Labute approximate surface area is 116 Å². The smallest absolute Gasteiger partial charge is 0.163 e. The zero-order valence-corrected chi connectivity index (χ0v) is 11.2. The van der Waals surface area contributed by atoms with E-state index in [9.17, 15) is 8.78 Å². The molecule has 20 heavy (non-hydrogen) atoms.